The van der Waals surface area contributed by atoms with E-state index in [0.29, 0.717) is 19.3 Å². The summed E-state index contributed by atoms with van der Waals surface area (Å²) in [6, 6.07) is 0. The first-order valence-electron chi connectivity index (χ1n) is 23.6. The summed E-state index contributed by atoms with van der Waals surface area (Å²) in [6.45, 7) is 13.6. The lowest BCUT2D eigenvalue weighted by Crippen LogP contribution is -2.30. The zero-order chi connectivity index (χ0) is 39.9. The predicted molar refractivity (Wildman–Crippen MR) is 229 cm³/mol. The van der Waals surface area contributed by atoms with Gasteiger partial charge in [-0.3, -0.25) is 14.4 Å². The highest BCUT2D eigenvalue weighted by atomic mass is 16.6. The highest BCUT2D eigenvalue weighted by molar-refractivity contribution is 5.71. The molecular weight excluding hydrogens is 673 g/mol. The topological polar surface area (TPSA) is 78.9 Å². The first-order chi connectivity index (χ1) is 26.1. The Morgan fingerprint density at radius 2 is 0.648 bits per heavy atom. The number of hydrogen-bond acceptors (Lipinski definition) is 6. The van der Waals surface area contributed by atoms with Gasteiger partial charge in [-0.25, -0.2) is 0 Å². The van der Waals surface area contributed by atoms with Crippen molar-refractivity contribution in [1.82, 2.24) is 0 Å². The minimum atomic E-state index is -0.762. The minimum Gasteiger partial charge on any atom is -0.462 e. The first kappa shape index (κ1) is 52.4. The van der Waals surface area contributed by atoms with Crippen molar-refractivity contribution in [3.8, 4) is 0 Å². The summed E-state index contributed by atoms with van der Waals surface area (Å²) in [7, 11) is 0. The molecule has 2 atom stereocenters. The van der Waals surface area contributed by atoms with Gasteiger partial charge in [-0.05, 0) is 37.0 Å². The second-order valence-corrected chi connectivity index (χ2v) is 17.6. The lowest BCUT2D eigenvalue weighted by molar-refractivity contribution is -0.167. The van der Waals surface area contributed by atoms with Crippen LogP contribution in [0.5, 0.6) is 0 Å². The van der Waals surface area contributed by atoms with E-state index in [1.165, 1.54) is 135 Å². The Balaban J connectivity index is 4.29. The van der Waals surface area contributed by atoms with Gasteiger partial charge < -0.3 is 14.2 Å². The normalized spacial score (nSPS) is 12.7. The van der Waals surface area contributed by atoms with E-state index in [4.69, 9.17) is 14.2 Å². The molecule has 320 valence electrons. The molecule has 0 amide bonds. The summed E-state index contributed by atoms with van der Waals surface area (Å²) >= 11 is 0. The highest BCUT2D eigenvalue weighted by Crippen LogP contribution is 2.17. The molecule has 0 rings (SSSR count). The van der Waals surface area contributed by atoms with E-state index < -0.39 is 6.10 Å². The summed E-state index contributed by atoms with van der Waals surface area (Å²) in [5, 5.41) is 0. The number of ether oxygens (including phenoxy) is 3. The van der Waals surface area contributed by atoms with Gasteiger partial charge in [-0.2, -0.15) is 0 Å². The average Bonchev–Trinajstić information content (AvgIpc) is 3.14. The smallest absolute Gasteiger partial charge is 0.306 e. The van der Waals surface area contributed by atoms with E-state index in [1.54, 1.807) is 0 Å². The molecule has 0 heterocycles. The van der Waals surface area contributed by atoms with Crippen molar-refractivity contribution in [3.63, 3.8) is 0 Å². The van der Waals surface area contributed by atoms with E-state index >= 15 is 0 Å². The number of rotatable bonds is 41. The lowest BCUT2D eigenvalue weighted by atomic mass is 10.00. The van der Waals surface area contributed by atoms with E-state index in [0.717, 1.165) is 75.5 Å². The second-order valence-electron chi connectivity index (χ2n) is 17.6. The third kappa shape index (κ3) is 40.1. The van der Waals surface area contributed by atoms with Crippen LogP contribution in [0.4, 0.5) is 0 Å². The summed E-state index contributed by atoms with van der Waals surface area (Å²) in [4.78, 5) is 37.7. The maximum Gasteiger partial charge on any atom is 0.306 e. The van der Waals surface area contributed by atoms with Crippen molar-refractivity contribution in [2.45, 2.75) is 260 Å². The zero-order valence-electron chi connectivity index (χ0n) is 37.0. The number of carbonyl (C=O) groups is 3. The maximum atomic E-state index is 12.7. The first-order valence-corrected chi connectivity index (χ1v) is 23.6. The van der Waals surface area contributed by atoms with Crippen LogP contribution in [0.3, 0.4) is 0 Å². The molecule has 0 bridgehead atoms. The molecule has 6 heteroatoms. The van der Waals surface area contributed by atoms with Gasteiger partial charge in [0.05, 0.1) is 0 Å². The van der Waals surface area contributed by atoms with Crippen molar-refractivity contribution in [2.24, 2.45) is 17.8 Å². The van der Waals surface area contributed by atoms with E-state index in [9.17, 15) is 14.4 Å². The van der Waals surface area contributed by atoms with Crippen LogP contribution in [-0.4, -0.2) is 37.2 Å². The molecule has 0 aliphatic carbocycles. The molecule has 0 aromatic carbocycles. The second kappa shape index (κ2) is 39.6. The van der Waals surface area contributed by atoms with Crippen LogP contribution >= 0.6 is 0 Å². The molecule has 0 saturated carbocycles. The summed E-state index contributed by atoms with van der Waals surface area (Å²) < 4.78 is 16.7. The average molecular weight is 765 g/mol. The van der Waals surface area contributed by atoms with Gasteiger partial charge in [0.2, 0.25) is 0 Å². The van der Waals surface area contributed by atoms with Crippen LogP contribution in [-0.2, 0) is 28.6 Å². The molecule has 6 nitrogen and oxygen atoms in total. The molecule has 0 aliphatic heterocycles. The Hall–Kier alpha value is -1.59. The van der Waals surface area contributed by atoms with Crippen molar-refractivity contribution < 1.29 is 28.6 Å². The van der Waals surface area contributed by atoms with Crippen LogP contribution in [0.15, 0.2) is 0 Å². The van der Waals surface area contributed by atoms with Crippen molar-refractivity contribution in [3.05, 3.63) is 0 Å². The summed E-state index contributed by atoms with van der Waals surface area (Å²) in [5.41, 5.74) is 0. The number of unbranched alkanes of at least 4 members (excludes halogenated alkanes) is 23. The standard InChI is InChI=1S/C48H92O6/c1-7-44(6)36-30-24-20-21-27-33-39-48(51)54-45(41-53-47(50)38-32-26-19-15-17-23-29-35-43(4)5)40-52-46(49)37-31-25-18-14-12-10-8-9-11-13-16-22-28-34-42(2)3/h42-45H,7-41H2,1-6H3/t44?,45-/m0/s1. The molecule has 0 aromatic heterocycles. The van der Waals surface area contributed by atoms with Crippen LogP contribution in [0, 0.1) is 17.8 Å². The molecule has 0 fully saturated rings. The van der Waals surface area contributed by atoms with Crippen LogP contribution < -0.4 is 0 Å². The minimum absolute atomic E-state index is 0.0667. The zero-order valence-corrected chi connectivity index (χ0v) is 37.0. The van der Waals surface area contributed by atoms with Crippen LogP contribution in [0.2, 0.25) is 0 Å². The van der Waals surface area contributed by atoms with E-state index in [1.807, 2.05) is 0 Å². The fourth-order valence-corrected chi connectivity index (χ4v) is 7.02. The lowest BCUT2D eigenvalue weighted by Gasteiger charge is -2.18. The molecule has 0 N–H and O–H groups in total. The van der Waals surface area contributed by atoms with Gasteiger partial charge in [-0.15, -0.1) is 0 Å². The quantitative estimate of drug-likeness (QED) is 0.0350. The molecule has 1 unspecified atom stereocenters. The van der Waals surface area contributed by atoms with Gasteiger partial charge in [0.1, 0.15) is 13.2 Å². The predicted octanol–water partition coefficient (Wildman–Crippen LogP) is 14.8. The van der Waals surface area contributed by atoms with Crippen molar-refractivity contribution >= 4 is 17.9 Å². The van der Waals surface area contributed by atoms with Gasteiger partial charge >= 0.3 is 17.9 Å². The molecule has 54 heavy (non-hydrogen) atoms. The summed E-state index contributed by atoms with van der Waals surface area (Å²) in [6.07, 6.45) is 36.7. The Bertz CT molecular complexity index is 839. The number of esters is 3. The molecule has 0 aliphatic rings. The SMILES string of the molecule is CCC(C)CCCCCCCCC(=O)O[C@@H](COC(=O)CCCCCCCCCCCCCCCC(C)C)COC(=O)CCCCCCCCCC(C)C. The molecule has 0 aromatic rings. The molecule has 0 spiro atoms. The molecule has 0 radical (unpaired) electrons. The van der Waals surface area contributed by atoms with Gasteiger partial charge in [-0.1, -0.05) is 215 Å². The van der Waals surface area contributed by atoms with Gasteiger partial charge in [0.15, 0.2) is 6.10 Å². The highest BCUT2D eigenvalue weighted by Gasteiger charge is 2.19. The molecule has 0 saturated heterocycles. The third-order valence-electron chi connectivity index (χ3n) is 11.0. The monoisotopic (exact) mass is 765 g/mol. The van der Waals surface area contributed by atoms with Crippen molar-refractivity contribution in [2.75, 3.05) is 13.2 Å². The largest absolute Gasteiger partial charge is 0.462 e. The molecular formula is C48H92O6. The Morgan fingerprint density at radius 3 is 0.963 bits per heavy atom. The fraction of sp³-hybridized carbons (Fsp3) is 0.938. The van der Waals surface area contributed by atoms with Crippen LogP contribution in [0.1, 0.15) is 253 Å². The maximum absolute atomic E-state index is 12.7. The van der Waals surface area contributed by atoms with Crippen LogP contribution in [0.25, 0.3) is 0 Å². The summed E-state index contributed by atoms with van der Waals surface area (Å²) in [5.74, 6) is 1.57. The van der Waals surface area contributed by atoms with Crippen molar-refractivity contribution in [1.29, 1.82) is 0 Å². The Labute approximate surface area is 336 Å². The number of hydrogen-bond donors (Lipinski definition) is 0. The third-order valence-corrected chi connectivity index (χ3v) is 11.0. The van der Waals surface area contributed by atoms with E-state index in [2.05, 4.69) is 41.5 Å². The van der Waals surface area contributed by atoms with Gasteiger partial charge in [0.25, 0.3) is 0 Å². The van der Waals surface area contributed by atoms with Gasteiger partial charge in [0, 0.05) is 19.3 Å². The Morgan fingerprint density at radius 1 is 0.370 bits per heavy atom. The Kier molecular flexibility index (Phi) is 38.5. The number of carbonyl (C=O) groups excluding carboxylic acids is 3. The van der Waals surface area contributed by atoms with E-state index in [-0.39, 0.29) is 31.1 Å². The fourth-order valence-electron chi connectivity index (χ4n) is 7.02.